The van der Waals surface area contributed by atoms with Gasteiger partial charge in [-0.05, 0) is 30.0 Å². The molecular formula is C17H24N2O2. The molecule has 0 aliphatic carbocycles. The maximum Gasteiger partial charge on any atom is 0.268 e. The molecule has 0 fully saturated rings. The van der Waals surface area contributed by atoms with Crippen LogP contribution in [0.25, 0.3) is 0 Å². The smallest absolute Gasteiger partial charge is 0.268 e. The predicted octanol–water partition coefficient (Wildman–Crippen LogP) is 3.03. The number of carbonyl (C=O) groups excluding carboxylic acids is 1. The fourth-order valence-electron chi connectivity index (χ4n) is 2.51. The van der Waals surface area contributed by atoms with Gasteiger partial charge in [0.2, 0.25) is 0 Å². The Balaban J connectivity index is 2.44. The number of hydrogen-bond donors (Lipinski definition) is 1. The standard InChI is InChI=1S/C17H24N2O2/c1-5-9-19-13-10-12(16(18)11(3)4)7-8-15(13)21-14(6-2)17(19)20/h5,7-8,10-11,14,16H,1,6,9,18H2,2-4H3. The van der Waals surface area contributed by atoms with Crippen molar-refractivity contribution in [2.45, 2.75) is 39.3 Å². The van der Waals surface area contributed by atoms with Gasteiger partial charge in [-0.1, -0.05) is 32.9 Å². The van der Waals surface area contributed by atoms with Gasteiger partial charge < -0.3 is 15.4 Å². The van der Waals surface area contributed by atoms with Gasteiger partial charge in [0, 0.05) is 12.6 Å². The first kappa shape index (κ1) is 15.6. The molecule has 2 atom stereocenters. The van der Waals surface area contributed by atoms with E-state index in [1.165, 1.54) is 0 Å². The molecule has 1 amide bonds. The molecule has 1 heterocycles. The number of rotatable bonds is 5. The maximum atomic E-state index is 12.4. The van der Waals surface area contributed by atoms with Crippen molar-refractivity contribution in [1.82, 2.24) is 0 Å². The van der Waals surface area contributed by atoms with Crippen LogP contribution < -0.4 is 15.4 Å². The Bertz CT molecular complexity index is 540. The molecule has 2 rings (SSSR count). The molecule has 0 aromatic heterocycles. The average Bonchev–Trinajstić information content (AvgIpc) is 2.48. The Morgan fingerprint density at radius 1 is 1.48 bits per heavy atom. The minimum absolute atomic E-state index is 0.0137. The minimum atomic E-state index is -0.415. The van der Waals surface area contributed by atoms with E-state index >= 15 is 0 Å². The van der Waals surface area contributed by atoms with E-state index in [9.17, 15) is 4.79 Å². The van der Waals surface area contributed by atoms with E-state index in [0.29, 0.717) is 18.9 Å². The van der Waals surface area contributed by atoms with Gasteiger partial charge >= 0.3 is 0 Å². The summed E-state index contributed by atoms with van der Waals surface area (Å²) in [5.41, 5.74) is 8.02. The Kier molecular flexibility index (Phi) is 4.68. The Labute approximate surface area is 126 Å². The van der Waals surface area contributed by atoms with E-state index in [-0.39, 0.29) is 11.9 Å². The van der Waals surface area contributed by atoms with Crippen LogP contribution in [-0.4, -0.2) is 18.6 Å². The highest BCUT2D eigenvalue weighted by atomic mass is 16.5. The van der Waals surface area contributed by atoms with Crippen LogP contribution in [0.3, 0.4) is 0 Å². The molecule has 0 bridgehead atoms. The molecule has 0 saturated carbocycles. The largest absolute Gasteiger partial charge is 0.478 e. The van der Waals surface area contributed by atoms with Crippen LogP contribution >= 0.6 is 0 Å². The summed E-state index contributed by atoms with van der Waals surface area (Å²) in [6.45, 7) is 10.3. The lowest BCUT2D eigenvalue weighted by molar-refractivity contribution is -0.126. The molecule has 1 aliphatic heterocycles. The molecular weight excluding hydrogens is 264 g/mol. The summed E-state index contributed by atoms with van der Waals surface area (Å²) in [4.78, 5) is 14.2. The van der Waals surface area contributed by atoms with Gasteiger partial charge in [-0.3, -0.25) is 4.79 Å². The van der Waals surface area contributed by atoms with Crippen molar-refractivity contribution < 1.29 is 9.53 Å². The first-order valence-corrected chi connectivity index (χ1v) is 7.48. The number of carbonyl (C=O) groups is 1. The summed E-state index contributed by atoms with van der Waals surface area (Å²) in [5.74, 6) is 1.06. The number of nitrogens with two attached hydrogens (primary N) is 1. The van der Waals surface area contributed by atoms with E-state index in [1.54, 1.807) is 11.0 Å². The first-order valence-electron chi connectivity index (χ1n) is 7.48. The van der Waals surface area contributed by atoms with E-state index in [0.717, 1.165) is 17.0 Å². The van der Waals surface area contributed by atoms with Gasteiger partial charge in [-0.25, -0.2) is 0 Å². The number of anilines is 1. The van der Waals surface area contributed by atoms with Gasteiger partial charge in [0.15, 0.2) is 6.10 Å². The van der Waals surface area contributed by atoms with Crippen LogP contribution in [0, 0.1) is 5.92 Å². The lowest BCUT2D eigenvalue weighted by Crippen LogP contribution is -2.45. The highest BCUT2D eigenvalue weighted by molar-refractivity contribution is 6.00. The number of ether oxygens (including phenoxy) is 1. The zero-order valence-corrected chi connectivity index (χ0v) is 13.0. The molecule has 21 heavy (non-hydrogen) atoms. The third-order valence-corrected chi connectivity index (χ3v) is 3.87. The van der Waals surface area contributed by atoms with E-state index < -0.39 is 6.10 Å². The molecule has 0 saturated heterocycles. The van der Waals surface area contributed by atoms with Crippen LogP contribution in [0.2, 0.25) is 0 Å². The van der Waals surface area contributed by atoms with Crippen LogP contribution in [0.5, 0.6) is 5.75 Å². The van der Waals surface area contributed by atoms with Crippen molar-refractivity contribution in [3.05, 3.63) is 36.4 Å². The van der Waals surface area contributed by atoms with Gasteiger partial charge in [0.25, 0.3) is 5.91 Å². The van der Waals surface area contributed by atoms with E-state index in [1.807, 2.05) is 25.1 Å². The van der Waals surface area contributed by atoms with Crippen LogP contribution in [0.15, 0.2) is 30.9 Å². The topological polar surface area (TPSA) is 55.6 Å². The van der Waals surface area contributed by atoms with Crippen molar-refractivity contribution >= 4 is 11.6 Å². The Morgan fingerprint density at radius 3 is 2.76 bits per heavy atom. The third kappa shape index (κ3) is 2.95. The fraction of sp³-hybridized carbons (Fsp3) is 0.471. The molecule has 1 aromatic carbocycles. The Morgan fingerprint density at radius 2 is 2.19 bits per heavy atom. The molecule has 114 valence electrons. The lowest BCUT2D eigenvalue weighted by atomic mass is 9.96. The molecule has 1 aromatic rings. The second-order valence-electron chi connectivity index (χ2n) is 5.75. The second-order valence-corrected chi connectivity index (χ2v) is 5.75. The number of benzene rings is 1. The van der Waals surface area contributed by atoms with Gasteiger partial charge in [0.05, 0.1) is 5.69 Å². The van der Waals surface area contributed by atoms with Gasteiger partial charge in [-0.2, -0.15) is 0 Å². The molecule has 4 nitrogen and oxygen atoms in total. The number of amides is 1. The summed E-state index contributed by atoms with van der Waals surface area (Å²) in [6, 6.07) is 5.81. The van der Waals surface area contributed by atoms with Crippen molar-refractivity contribution in [3.8, 4) is 5.75 Å². The quantitative estimate of drug-likeness (QED) is 0.847. The third-order valence-electron chi connectivity index (χ3n) is 3.87. The van der Waals surface area contributed by atoms with Crippen molar-refractivity contribution in [2.24, 2.45) is 11.7 Å². The second kappa shape index (κ2) is 6.31. The Hall–Kier alpha value is -1.81. The fourth-order valence-corrected chi connectivity index (χ4v) is 2.51. The van der Waals surface area contributed by atoms with Gasteiger partial charge in [-0.15, -0.1) is 6.58 Å². The molecule has 0 radical (unpaired) electrons. The number of hydrogen-bond acceptors (Lipinski definition) is 3. The summed E-state index contributed by atoms with van der Waals surface area (Å²) in [7, 11) is 0. The highest BCUT2D eigenvalue weighted by Gasteiger charge is 2.33. The molecule has 0 spiro atoms. The minimum Gasteiger partial charge on any atom is -0.478 e. The van der Waals surface area contributed by atoms with Crippen LogP contribution in [0.4, 0.5) is 5.69 Å². The predicted molar refractivity (Wildman–Crippen MR) is 85.5 cm³/mol. The number of fused-ring (bicyclic) bond motifs is 1. The molecule has 4 heteroatoms. The average molecular weight is 288 g/mol. The van der Waals surface area contributed by atoms with Gasteiger partial charge in [0.1, 0.15) is 5.75 Å². The van der Waals surface area contributed by atoms with Crippen molar-refractivity contribution in [3.63, 3.8) is 0 Å². The highest BCUT2D eigenvalue weighted by Crippen LogP contribution is 2.37. The summed E-state index contributed by atoms with van der Waals surface area (Å²) in [6.07, 6.45) is 1.97. The summed E-state index contributed by atoms with van der Waals surface area (Å²) >= 11 is 0. The maximum absolute atomic E-state index is 12.4. The van der Waals surface area contributed by atoms with Crippen LogP contribution in [-0.2, 0) is 4.79 Å². The van der Waals surface area contributed by atoms with Crippen molar-refractivity contribution in [1.29, 1.82) is 0 Å². The lowest BCUT2D eigenvalue weighted by Gasteiger charge is -2.34. The summed E-state index contributed by atoms with van der Waals surface area (Å²) in [5, 5.41) is 0. The molecule has 2 unspecified atom stereocenters. The first-order chi connectivity index (χ1) is 9.99. The number of nitrogens with zero attached hydrogens (tertiary/aromatic N) is 1. The van der Waals surface area contributed by atoms with Crippen LogP contribution in [0.1, 0.15) is 38.8 Å². The normalized spacial score (nSPS) is 19.2. The zero-order valence-electron chi connectivity index (χ0n) is 13.0. The zero-order chi connectivity index (χ0) is 15.6. The SMILES string of the molecule is C=CCN1C(=O)C(CC)Oc2ccc(C(N)C(C)C)cc21. The monoisotopic (exact) mass is 288 g/mol. The molecule has 1 aliphatic rings. The van der Waals surface area contributed by atoms with E-state index in [2.05, 4.69) is 20.4 Å². The van der Waals surface area contributed by atoms with E-state index in [4.69, 9.17) is 10.5 Å². The molecule has 2 N–H and O–H groups in total. The van der Waals surface area contributed by atoms with Crippen molar-refractivity contribution in [2.75, 3.05) is 11.4 Å². The summed E-state index contributed by atoms with van der Waals surface area (Å²) < 4.78 is 5.80.